The quantitative estimate of drug-likeness (QED) is 0.847. The molecule has 1 aromatic heterocycles. The molecule has 21 heavy (non-hydrogen) atoms. The molecule has 0 amide bonds. The van der Waals surface area contributed by atoms with E-state index in [1.807, 2.05) is 0 Å². The molecule has 0 bridgehead atoms. The van der Waals surface area contributed by atoms with Crippen LogP contribution in [0.2, 0.25) is 0 Å². The van der Waals surface area contributed by atoms with Crippen molar-refractivity contribution in [1.29, 1.82) is 0 Å². The lowest BCUT2D eigenvalue weighted by molar-refractivity contribution is 0.408. The topological polar surface area (TPSA) is 24.9 Å². The summed E-state index contributed by atoms with van der Waals surface area (Å²) in [5.74, 6) is 0.549. The van der Waals surface area contributed by atoms with Crippen LogP contribution >= 0.6 is 11.3 Å². The second-order valence-electron chi connectivity index (χ2n) is 6.91. The Morgan fingerprint density at radius 3 is 2.33 bits per heavy atom. The standard InChI is InChI=1S/C18H26N2S/c1-13(2)16(14-9-7-6-8-10-14)19-11-15-12-21-17(20-15)18(3,4)5/h6-10,12-13,16,19H,11H2,1-5H3. The zero-order chi connectivity index (χ0) is 15.5. The van der Waals surface area contributed by atoms with Gasteiger partial charge in [-0.2, -0.15) is 0 Å². The molecule has 1 N–H and O–H groups in total. The zero-order valence-electron chi connectivity index (χ0n) is 13.7. The Balaban J connectivity index is 2.04. The van der Waals surface area contributed by atoms with Gasteiger partial charge in [0.05, 0.1) is 10.7 Å². The van der Waals surface area contributed by atoms with E-state index in [4.69, 9.17) is 4.98 Å². The van der Waals surface area contributed by atoms with Gasteiger partial charge in [0.25, 0.3) is 0 Å². The maximum atomic E-state index is 4.76. The smallest absolute Gasteiger partial charge is 0.0982 e. The Kier molecular flexibility index (Phi) is 5.17. The summed E-state index contributed by atoms with van der Waals surface area (Å²) in [7, 11) is 0. The Morgan fingerprint density at radius 2 is 1.81 bits per heavy atom. The predicted octanol–water partition coefficient (Wildman–Crippen LogP) is 4.93. The first-order valence-electron chi connectivity index (χ1n) is 7.61. The SMILES string of the molecule is CC(C)C(NCc1csc(C(C)(C)C)n1)c1ccccc1. The summed E-state index contributed by atoms with van der Waals surface area (Å²) in [5, 5.41) is 7.05. The van der Waals surface area contributed by atoms with Gasteiger partial charge in [-0.1, -0.05) is 65.0 Å². The fourth-order valence-corrected chi connectivity index (χ4v) is 3.25. The van der Waals surface area contributed by atoms with Crippen LogP contribution in [0.3, 0.4) is 0 Å². The first-order valence-corrected chi connectivity index (χ1v) is 8.49. The molecule has 114 valence electrons. The third kappa shape index (κ3) is 4.39. The van der Waals surface area contributed by atoms with Crippen molar-refractivity contribution in [1.82, 2.24) is 10.3 Å². The molecule has 0 saturated carbocycles. The molecule has 2 nitrogen and oxygen atoms in total. The van der Waals surface area contributed by atoms with Gasteiger partial charge in [0.1, 0.15) is 0 Å². The third-order valence-electron chi connectivity index (χ3n) is 3.52. The largest absolute Gasteiger partial charge is 0.304 e. The summed E-state index contributed by atoms with van der Waals surface area (Å²) in [6, 6.07) is 11.0. The Hall–Kier alpha value is -1.19. The molecule has 0 aliphatic rings. The molecule has 0 aliphatic carbocycles. The molecule has 1 unspecified atom stereocenters. The van der Waals surface area contributed by atoms with Crippen molar-refractivity contribution >= 4 is 11.3 Å². The predicted molar refractivity (Wildman–Crippen MR) is 91.7 cm³/mol. The lowest BCUT2D eigenvalue weighted by Crippen LogP contribution is -2.25. The first-order chi connectivity index (χ1) is 9.88. The fourth-order valence-electron chi connectivity index (χ4n) is 2.35. The van der Waals surface area contributed by atoms with E-state index in [1.165, 1.54) is 10.6 Å². The highest BCUT2D eigenvalue weighted by Crippen LogP contribution is 2.26. The van der Waals surface area contributed by atoms with Crippen LogP contribution in [0.25, 0.3) is 0 Å². The molecular weight excluding hydrogens is 276 g/mol. The van der Waals surface area contributed by atoms with Gasteiger partial charge < -0.3 is 5.32 Å². The second-order valence-corrected chi connectivity index (χ2v) is 7.77. The van der Waals surface area contributed by atoms with Crippen LogP contribution in [0.4, 0.5) is 0 Å². The first kappa shape index (κ1) is 16.2. The molecule has 0 aliphatic heterocycles. The Bertz CT molecular complexity index is 552. The van der Waals surface area contributed by atoms with Gasteiger partial charge in [-0.05, 0) is 11.5 Å². The van der Waals surface area contributed by atoms with Gasteiger partial charge in [-0.15, -0.1) is 11.3 Å². The molecule has 3 heteroatoms. The molecule has 0 spiro atoms. The molecule has 2 rings (SSSR count). The minimum absolute atomic E-state index is 0.139. The van der Waals surface area contributed by atoms with Gasteiger partial charge in [0.2, 0.25) is 0 Å². The van der Waals surface area contributed by atoms with Gasteiger partial charge in [0.15, 0.2) is 0 Å². The lowest BCUT2D eigenvalue weighted by atomic mass is 9.96. The highest BCUT2D eigenvalue weighted by Gasteiger charge is 2.19. The monoisotopic (exact) mass is 302 g/mol. The van der Waals surface area contributed by atoms with Crippen LogP contribution in [0.1, 0.15) is 56.9 Å². The maximum absolute atomic E-state index is 4.76. The van der Waals surface area contributed by atoms with Crippen molar-refractivity contribution in [2.45, 2.75) is 52.6 Å². The minimum atomic E-state index is 0.139. The molecule has 0 saturated heterocycles. The second kappa shape index (κ2) is 6.71. The highest BCUT2D eigenvalue weighted by molar-refractivity contribution is 7.09. The van der Waals surface area contributed by atoms with E-state index in [0.29, 0.717) is 12.0 Å². The molecule has 0 radical (unpaired) electrons. The van der Waals surface area contributed by atoms with Crippen molar-refractivity contribution in [2.75, 3.05) is 0 Å². The normalized spacial score (nSPS) is 13.6. The summed E-state index contributed by atoms with van der Waals surface area (Å²) in [4.78, 5) is 4.76. The number of hydrogen-bond acceptors (Lipinski definition) is 3. The minimum Gasteiger partial charge on any atom is -0.304 e. The third-order valence-corrected chi connectivity index (χ3v) is 4.84. The van der Waals surface area contributed by atoms with Crippen molar-refractivity contribution in [3.8, 4) is 0 Å². The molecule has 1 atom stereocenters. The van der Waals surface area contributed by atoms with Gasteiger partial charge in [0, 0.05) is 23.4 Å². The van der Waals surface area contributed by atoms with E-state index in [1.54, 1.807) is 11.3 Å². The zero-order valence-corrected chi connectivity index (χ0v) is 14.5. The van der Waals surface area contributed by atoms with E-state index in [9.17, 15) is 0 Å². The van der Waals surface area contributed by atoms with Crippen LogP contribution in [0.5, 0.6) is 0 Å². The van der Waals surface area contributed by atoms with Crippen LogP contribution in [0, 0.1) is 5.92 Å². The van der Waals surface area contributed by atoms with E-state index < -0.39 is 0 Å². The van der Waals surface area contributed by atoms with E-state index >= 15 is 0 Å². The van der Waals surface area contributed by atoms with Gasteiger partial charge >= 0.3 is 0 Å². The molecule has 0 fully saturated rings. The number of hydrogen-bond donors (Lipinski definition) is 1. The number of aromatic nitrogens is 1. The highest BCUT2D eigenvalue weighted by atomic mass is 32.1. The lowest BCUT2D eigenvalue weighted by Gasteiger charge is -2.22. The van der Waals surface area contributed by atoms with Crippen LogP contribution in [-0.2, 0) is 12.0 Å². The number of nitrogens with zero attached hydrogens (tertiary/aromatic N) is 1. The summed E-state index contributed by atoms with van der Waals surface area (Å²) in [6.45, 7) is 12.0. The van der Waals surface area contributed by atoms with Crippen molar-refractivity contribution < 1.29 is 0 Å². The van der Waals surface area contributed by atoms with E-state index in [0.717, 1.165) is 12.2 Å². The average molecular weight is 302 g/mol. The summed E-state index contributed by atoms with van der Waals surface area (Å²) < 4.78 is 0. The van der Waals surface area contributed by atoms with Crippen LogP contribution in [-0.4, -0.2) is 4.98 Å². The van der Waals surface area contributed by atoms with E-state index in [2.05, 4.69) is 75.6 Å². The fraction of sp³-hybridized carbons (Fsp3) is 0.500. The maximum Gasteiger partial charge on any atom is 0.0982 e. The molecular formula is C18H26N2S. The summed E-state index contributed by atoms with van der Waals surface area (Å²) in [5.41, 5.74) is 2.63. The van der Waals surface area contributed by atoms with Crippen molar-refractivity contribution in [3.05, 3.63) is 52.0 Å². The number of rotatable bonds is 5. The van der Waals surface area contributed by atoms with Gasteiger partial charge in [-0.25, -0.2) is 4.98 Å². The summed E-state index contributed by atoms with van der Waals surface area (Å²) in [6.07, 6.45) is 0. The Labute approximate surface area is 132 Å². The van der Waals surface area contributed by atoms with E-state index in [-0.39, 0.29) is 5.41 Å². The number of nitrogens with one attached hydrogen (secondary N) is 1. The number of benzene rings is 1. The van der Waals surface area contributed by atoms with Crippen molar-refractivity contribution in [3.63, 3.8) is 0 Å². The molecule has 1 heterocycles. The number of thiazole rings is 1. The van der Waals surface area contributed by atoms with Crippen LogP contribution < -0.4 is 5.32 Å². The van der Waals surface area contributed by atoms with Crippen molar-refractivity contribution in [2.24, 2.45) is 5.92 Å². The average Bonchev–Trinajstić information content (AvgIpc) is 2.88. The van der Waals surface area contributed by atoms with Crippen LogP contribution in [0.15, 0.2) is 35.7 Å². The van der Waals surface area contributed by atoms with Gasteiger partial charge in [-0.3, -0.25) is 0 Å². The summed E-state index contributed by atoms with van der Waals surface area (Å²) >= 11 is 1.76. The molecule has 1 aromatic carbocycles. The Morgan fingerprint density at radius 1 is 1.14 bits per heavy atom. The molecule has 2 aromatic rings.